The average molecular weight is 394 g/mol. The van der Waals surface area contributed by atoms with Crippen LogP contribution in [0.25, 0.3) is 0 Å². The predicted molar refractivity (Wildman–Crippen MR) is 81.3 cm³/mol. The Balaban J connectivity index is 0.00000264. The topological polar surface area (TPSA) is 69.2 Å². The van der Waals surface area contributed by atoms with E-state index in [1.54, 1.807) is 12.1 Å². The molecule has 7 heteroatoms. The first-order chi connectivity index (χ1) is 10.4. The molecule has 1 amide bonds. The molecule has 0 spiro atoms. The standard InChI is InChI=1S/C16H19BrFNO3.Na/c17-12-4-3-11(13(18)9-12)5-8-19-14(20)10-16(15(21)22)6-1-2-7-16;/h3-4,9H,1-2,5-8,10H2,(H,19,20)(H,21,22);/q;+1/p-1. The number of carboxylic acid groups (broad SMARTS) is 1. The maximum Gasteiger partial charge on any atom is 1.00 e. The number of halogens is 2. The Morgan fingerprint density at radius 2 is 1.96 bits per heavy atom. The van der Waals surface area contributed by atoms with E-state index in [1.807, 2.05) is 0 Å². The molecule has 0 heterocycles. The van der Waals surface area contributed by atoms with Crippen LogP contribution in [0.2, 0.25) is 0 Å². The molecule has 1 fully saturated rings. The number of benzene rings is 1. The van der Waals surface area contributed by atoms with E-state index in [9.17, 15) is 19.1 Å². The van der Waals surface area contributed by atoms with Crippen LogP contribution in [0.1, 0.15) is 37.7 Å². The number of nitrogens with one attached hydrogen (secondary N) is 1. The van der Waals surface area contributed by atoms with Crippen LogP contribution in [-0.2, 0) is 16.0 Å². The summed E-state index contributed by atoms with van der Waals surface area (Å²) in [5.74, 6) is -1.78. The van der Waals surface area contributed by atoms with E-state index in [0.29, 0.717) is 29.3 Å². The maximum absolute atomic E-state index is 13.6. The first kappa shape index (κ1) is 20.6. The fourth-order valence-corrected chi connectivity index (χ4v) is 3.27. The summed E-state index contributed by atoms with van der Waals surface area (Å²) in [6.07, 6.45) is 2.91. The molecule has 23 heavy (non-hydrogen) atoms. The second-order valence-electron chi connectivity index (χ2n) is 5.79. The summed E-state index contributed by atoms with van der Waals surface area (Å²) in [7, 11) is 0. The number of carbonyl (C=O) groups excluding carboxylic acids is 2. The monoisotopic (exact) mass is 393 g/mol. The summed E-state index contributed by atoms with van der Waals surface area (Å²) in [6.45, 7) is 0.278. The minimum Gasteiger partial charge on any atom is -0.550 e. The van der Waals surface area contributed by atoms with Gasteiger partial charge < -0.3 is 15.2 Å². The molecule has 1 aliphatic rings. The molecule has 2 rings (SSSR count). The van der Waals surface area contributed by atoms with Gasteiger partial charge in [0, 0.05) is 28.8 Å². The van der Waals surface area contributed by atoms with Gasteiger partial charge >= 0.3 is 29.6 Å². The van der Waals surface area contributed by atoms with Crippen molar-refractivity contribution in [2.75, 3.05) is 6.54 Å². The van der Waals surface area contributed by atoms with Crippen LogP contribution in [0.5, 0.6) is 0 Å². The number of amides is 1. The Bertz CT molecular complexity index is 576. The number of carbonyl (C=O) groups is 2. The smallest absolute Gasteiger partial charge is 0.550 e. The fraction of sp³-hybridized carbons (Fsp3) is 0.500. The van der Waals surface area contributed by atoms with Gasteiger partial charge in [-0.3, -0.25) is 4.79 Å². The van der Waals surface area contributed by atoms with Crippen LogP contribution >= 0.6 is 15.9 Å². The van der Waals surface area contributed by atoms with E-state index in [0.717, 1.165) is 12.8 Å². The third-order valence-corrected chi connectivity index (χ3v) is 4.72. The van der Waals surface area contributed by atoms with Crippen LogP contribution in [0.3, 0.4) is 0 Å². The molecule has 120 valence electrons. The SMILES string of the molecule is O=C(CC1(C(=O)[O-])CCCC1)NCCc1ccc(Br)cc1F.[Na+]. The van der Waals surface area contributed by atoms with Gasteiger partial charge in [0.2, 0.25) is 5.91 Å². The number of hydrogen-bond acceptors (Lipinski definition) is 3. The zero-order chi connectivity index (χ0) is 16.2. The van der Waals surface area contributed by atoms with Crippen molar-refractivity contribution in [2.45, 2.75) is 38.5 Å². The van der Waals surface area contributed by atoms with E-state index >= 15 is 0 Å². The van der Waals surface area contributed by atoms with Crippen LogP contribution in [-0.4, -0.2) is 18.4 Å². The molecule has 4 nitrogen and oxygen atoms in total. The van der Waals surface area contributed by atoms with Crippen molar-refractivity contribution in [3.8, 4) is 0 Å². The second-order valence-corrected chi connectivity index (χ2v) is 6.70. The van der Waals surface area contributed by atoms with E-state index in [2.05, 4.69) is 21.2 Å². The van der Waals surface area contributed by atoms with E-state index in [4.69, 9.17) is 0 Å². The quantitative estimate of drug-likeness (QED) is 0.627. The summed E-state index contributed by atoms with van der Waals surface area (Å²) in [4.78, 5) is 23.2. The first-order valence-corrected chi connectivity index (χ1v) is 8.14. The Labute approximate surface area is 165 Å². The van der Waals surface area contributed by atoms with Gasteiger partial charge in [-0.05, 0) is 37.0 Å². The van der Waals surface area contributed by atoms with Crippen molar-refractivity contribution in [3.05, 3.63) is 34.1 Å². The van der Waals surface area contributed by atoms with E-state index in [-0.39, 0.29) is 54.2 Å². The molecule has 0 bridgehead atoms. The molecule has 0 saturated heterocycles. The van der Waals surface area contributed by atoms with Crippen molar-refractivity contribution in [2.24, 2.45) is 5.41 Å². The molecule has 1 aromatic rings. The Kier molecular flexibility index (Phi) is 8.21. The zero-order valence-corrected chi connectivity index (χ0v) is 16.7. The summed E-state index contributed by atoms with van der Waals surface area (Å²) in [5.41, 5.74) is -0.508. The third kappa shape index (κ3) is 5.55. The van der Waals surface area contributed by atoms with Gasteiger partial charge in [0.25, 0.3) is 0 Å². The fourth-order valence-electron chi connectivity index (χ4n) is 2.94. The molecule has 0 atom stereocenters. The molecular formula is C16H18BrFNNaO3. The first-order valence-electron chi connectivity index (χ1n) is 7.35. The second kappa shape index (κ2) is 9.16. The zero-order valence-electron chi connectivity index (χ0n) is 13.2. The summed E-state index contributed by atoms with van der Waals surface area (Å²) >= 11 is 3.18. The van der Waals surface area contributed by atoms with Crippen molar-refractivity contribution in [3.63, 3.8) is 0 Å². The minimum absolute atomic E-state index is 0. The van der Waals surface area contributed by atoms with Gasteiger partial charge in [-0.15, -0.1) is 0 Å². The van der Waals surface area contributed by atoms with Crippen molar-refractivity contribution >= 4 is 27.8 Å². The number of hydrogen-bond donors (Lipinski definition) is 1. The van der Waals surface area contributed by atoms with Gasteiger partial charge in [0.05, 0.1) is 0 Å². The molecule has 1 aliphatic carbocycles. The van der Waals surface area contributed by atoms with E-state index < -0.39 is 11.4 Å². The average Bonchev–Trinajstić information content (AvgIpc) is 2.91. The molecule has 1 saturated carbocycles. The third-order valence-electron chi connectivity index (χ3n) is 4.22. The van der Waals surface area contributed by atoms with Crippen LogP contribution < -0.4 is 40.0 Å². The van der Waals surface area contributed by atoms with Gasteiger partial charge in [-0.2, -0.15) is 0 Å². The molecule has 0 aliphatic heterocycles. The van der Waals surface area contributed by atoms with Crippen LogP contribution in [0, 0.1) is 11.2 Å². The molecule has 0 aromatic heterocycles. The molecule has 0 unspecified atom stereocenters. The van der Waals surface area contributed by atoms with Crippen molar-refractivity contribution in [1.82, 2.24) is 5.32 Å². The minimum atomic E-state index is -1.14. The van der Waals surface area contributed by atoms with Crippen LogP contribution in [0.4, 0.5) is 4.39 Å². The van der Waals surface area contributed by atoms with Gasteiger partial charge in [-0.1, -0.05) is 34.8 Å². The molecular weight excluding hydrogens is 376 g/mol. The van der Waals surface area contributed by atoms with E-state index in [1.165, 1.54) is 6.07 Å². The molecule has 1 N–H and O–H groups in total. The maximum atomic E-state index is 13.6. The Morgan fingerprint density at radius 3 is 2.52 bits per heavy atom. The largest absolute Gasteiger partial charge is 1.00 e. The summed E-state index contributed by atoms with van der Waals surface area (Å²) in [5, 5.41) is 14.0. The summed E-state index contributed by atoms with van der Waals surface area (Å²) in [6, 6.07) is 4.77. The number of rotatable bonds is 6. The Morgan fingerprint density at radius 1 is 1.30 bits per heavy atom. The molecule has 1 aromatic carbocycles. The normalized spacial score (nSPS) is 15.7. The van der Waals surface area contributed by atoms with Gasteiger partial charge in [0.1, 0.15) is 5.82 Å². The molecule has 0 radical (unpaired) electrons. The van der Waals surface area contributed by atoms with Gasteiger partial charge in [0.15, 0.2) is 0 Å². The van der Waals surface area contributed by atoms with Gasteiger partial charge in [-0.25, -0.2) is 4.39 Å². The number of aliphatic carboxylic acids is 1. The van der Waals surface area contributed by atoms with Crippen LogP contribution in [0.15, 0.2) is 22.7 Å². The number of carboxylic acids is 1. The Hall–Kier alpha value is -0.430. The van der Waals surface area contributed by atoms with Crippen molar-refractivity contribution in [1.29, 1.82) is 0 Å². The van der Waals surface area contributed by atoms with Crippen molar-refractivity contribution < 1.29 is 48.6 Å². The summed E-state index contributed by atoms with van der Waals surface area (Å²) < 4.78 is 14.3. The predicted octanol–water partition coefficient (Wildman–Crippen LogP) is -1.05.